The Labute approximate surface area is 143 Å². The molecule has 2 heterocycles. The van der Waals surface area contributed by atoms with E-state index in [9.17, 15) is 0 Å². The molecule has 0 spiro atoms. The van der Waals surface area contributed by atoms with Gasteiger partial charge < -0.3 is 4.98 Å². The van der Waals surface area contributed by atoms with E-state index in [1.165, 1.54) is 6.42 Å². The maximum absolute atomic E-state index is 4.06. The van der Waals surface area contributed by atoms with Crippen molar-refractivity contribution >= 4 is 0 Å². The van der Waals surface area contributed by atoms with Crippen LogP contribution in [0, 0.1) is 5.92 Å². The van der Waals surface area contributed by atoms with Gasteiger partial charge in [0.05, 0.1) is 0 Å². The maximum Gasteiger partial charge on any atom is 0.137 e. The van der Waals surface area contributed by atoms with Gasteiger partial charge in [0.25, 0.3) is 0 Å². The molecule has 0 amide bonds. The van der Waals surface area contributed by atoms with E-state index in [1.807, 2.05) is 6.20 Å². The molecule has 0 radical (unpaired) electrons. The second-order valence-electron chi connectivity index (χ2n) is 6.54. The van der Waals surface area contributed by atoms with Crippen LogP contribution in [0.1, 0.15) is 86.5 Å². The predicted octanol–water partition coefficient (Wildman–Crippen LogP) is 5.47. The van der Waals surface area contributed by atoms with Crippen LogP contribution in [0.4, 0.5) is 0 Å². The second kappa shape index (κ2) is 15.3. The molecule has 0 fully saturated rings. The van der Waals surface area contributed by atoms with Crippen molar-refractivity contribution < 1.29 is 0 Å². The molecule has 23 heavy (non-hydrogen) atoms. The highest BCUT2D eigenvalue weighted by Crippen LogP contribution is 2.05. The van der Waals surface area contributed by atoms with Crippen LogP contribution in [-0.2, 0) is 0 Å². The molecule has 0 aliphatic rings. The Balaban J connectivity index is 0. The second-order valence-corrected chi connectivity index (χ2v) is 6.54. The molecule has 5 heteroatoms. The highest BCUT2D eigenvalue weighted by Gasteiger charge is 1.96. The summed E-state index contributed by atoms with van der Waals surface area (Å²) in [6.45, 7) is 19.1. The van der Waals surface area contributed by atoms with Gasteiger partial charge in [0.1, 0.15) is 18.5 Å². The molecular formula is C18H37N5. The van der Waals surface area contributed by atoms with Crippen LogP contribution >= 0.6 is 0 Å². The fourth-order valence-electron chi connectivity index (χ4n) is 1.08. The van der Waals surface area contributed by atoms with Crippen LogP contribution in [0.5, 0.6) is 0 Å². The number of rotatable bonds is 2. The van der Waals surface area contributed by atoms with Gasteiger partial charge in [0.2, 0.25) is 0 Å². The molecule has 2 aromatic rings. The standard InChI is InChI=1S/C6H10N2.C5H9N3.C4H10.C3H8/c1-5(2)6-7-3-4-8-6;1-5(2)8-4-6-3-7-8;1-4(2)3;1-3-2/h3-5H,1-2H3,(H,7,8);3-5H,1-2H3;4H,1-3H3;3H2,1-2H3. The number of nitrogens with zero attached hydrogens (tertiary/aromatic N) is 4. The van der Waals surface area contributed by atoms with Crippen LogP contribution in [0.3, 0.4) is 0 Å². The Bertz CT molecular complexity index is 375. The Morgan fingerprint density at radius 2 is 1.57 bits per heavy atom. The highest BCUT2D eigenvalue weighted by atomic mass is 15.3. The smallest absolute Gasteiger partial charge is 0.137 e. The van der Waals surface area contributed by atoms with Gasteiger partial charge in [-0.05, 0) is 19.8 Å². The summed E-state index contributed by atoms with van der Waals surface area (Å²) >= 11 is 0. The van der Waals surface area contributed by atoms with Crippen molar-refractivity contribution in [2.75, 3.05) is 0 Å². The SMILES string of the molecule is CC(C)C.CC(C)c1ncc[nH]1.CC(C)n1cncn1.CCC. The molecule has 134 valence electrons. The fraction of sp³-hybridized carbons (Fsp3) is 0.722. The van der Waals surface area contributed by atoms with Gasteiger partial charge in [-0.3, -0.25) is 4.68 Å². The third kappa shape index (κ3) is 16.5. The average Bonchev–Trinajstić information content (AvgIpc) is 3.14. The number of hydrogen-bond acceptors (Lipinski definition) is 3. The van der Waals surface area contributed by atoms with E-state index < -0.39 is 0 Å². The predicted molar refractivity (Wildman–Crippen MR) is 99.6 cm³/mol. The largest absolute Gasteiger partial charge is 0.348 e. The van der Waals surface area contributed by atoms with Crippen molar-refractivity contribution in [3.63, 3.8) is 0 Å². The number of H-pyrrole nitrogens is 1. The van der Waals surface area contributed by atoms with Gasteiger partial charge >= 0.3 is 0 Å². The summed E-state index contributed by atoms with van der Waals surface area (Å²) in [5.41, 5.74) is 0. The zero-order chi connectivity index (χ0) is 18.3. The Morgan fingerprint density at radius 3 is 1.74 bits per heavy atom. The monoisotopic (exact) mass is 323 g/mol. The first-order valence-corrected chi connectivity index (χ1v) is 8.59. The molecule has 0 aliphatic heterocycles. The molecule has 2 rings (SSSR count). The van der Waals surface area contributed by atoms with E-state index >= 15 is 0 Å². The van der Waals surface area contributed by atoms with Crippen molar-refractivity contribution in [2.24, 2.45) is 5.92 Å². The van der Waals surface area contributed by atoms with E-state index in [2.05, 4.69) is 82.4 Å². The molecule has 5 nitrogen and oxygen atoms in total. The molecule has 0 unspecified atom stereocenters. The minimum absolute atomic E-state index is 0.428. The number of nitrogens with one attached hydrogen (secondary N) is 1. The van der Waals surface area contributed by atoms with Gasteiger partial charge in [0, 0.05) is 24.4 Å². The molecule has 0 atom stereocenters. The van der Waals surface area contributed by atoms with E-state index in [1.54, 1.807) is 23.5 Å². The first-order chi connectivity index (χ1) is 10.8. The maximum atomic E-state index is 4.06. The van der Waals surface area contributed by atoms with Crippen molar-refractivity contribution in [1.82, 2.24) is 24.7 Å². The van der Waals surface area contributed by atoms with E-state index in [0.717, 1.165) is 11.7 Å². The Hall–Kier alpha value is -1.65. The van der Waals surface area contributed by atoms with Gasteiger partial charge in [-0.25, -0.2) is 9.97 Å². The minimum atomic E-state index is 0.428. The number of aromatic amines is 1. The van der Waals surface area contributed by atoms with Crippen molar-refractivity contribution in [3.05, 3.63) is 30.9 Å². The van der Waals surface area contributed by atoms with Crippen molar-refractivity contribution in [3.8, 4) is 0 Å². The lowest BCUT2D eigenvalue weighted by Crippen LogP contribution is -1.99. The summed E-state index contributed by atoms with van der Waals surface area (Å²) in [5.74, 6) is 2.41. The lowest BCUT2D eigenvalue weighted by Gasteiger charge is -2.00. The third-order valence-electron chi connectivity index (χ3n) is 2.03. The molecular weight excluding hydrogens is 286 g/mol. The molecule has 1 N–H and O–H groups in total. The summed E-state index contributed by atoms with van der Waals surface area (Å²) in [7, 11) is 0. The van der Waals surface area contributed by atoms with Gasteiger partial charge in [-0.2, -0.15) is 5.10 Å². The van der Waals surface area contributed by atoms with E-state index in [-0.39, 0.29) is 0 Å². The molecule has 0 bridgehead atoms. The van der Waals surface area contributed by atoms with Crippen LogP contribution < -0.4 is 0 Å². The third-order valence-corrected chi connectivity index (χ3v) is 2.03. The first-order valence-electron chi connectivity index (χ1n) is 8.59. The van der Waals surface area contributed by atoms with Crippen LogP contribution in [0.15, 0.2) is 25.0 Å². The summed E-state index contributed by atoms with van der Waals surface area (Å²) < 4.78 is 1.81. The number of hydrogen-bond donors (Lipinski definition) is 1. The van der Waals surface area contributed by atoms with Crippen LogP contribution in [0.2, 0.25) is 0 Å². The highest BCUT2D eigenvalue weighted by molar-refractivity contribution is 4.92. The van der Waals surface area contributed by atoms with E-state index in [4.69, 9.17) is 0 Å². The quantitative estimate of drug-likeness (QED) is 0.797. The van der Waals surface area contributed by atoms with Gasteiger partial charge in [-0.1, -0.05) is 54.9 Å². The Kier molecular flexibility index (Phi) is 15.7. The van der Waals surface area contributed by atoms with Crippen LogP contribution in [0.25, 0.3) is 0 Å². The van der Waals surface area contributed by atoms with Gasteiger partial charge in [0.15, 0.2) is 0 Å². The van der Waals surface area contributed by atoms with Gasteiger partial charge in [-0.15, -0.1) is 0 Å². The van der Waals surface area contributed by atoms with Crippen LogP contribution in [-0.4, -0.2) is 24.7 Å². The molecule has 2 aromatic heterocycles. The molecule has 0 aromatic carbocycles. The summed E-state index contributed by atoms with van der Waals surface area (Å²) in [6, 6.07) is 0.428. The lowest BCUT2D eigenvalue weighted by atomic mass is 10.2. The van der Waals surface area contributed by atoms with E-state index in [0.29, 0.717) is 12.0 Å². The Morgan fingerprint density at radius 1 is 1.04 bits per heavy atom. The normalized spacial score (nSPS) is 9.57. The first kappa shape index (κ1) is 23.6. The number of imidazole rings is 1. The minimum Gasteiger partial charge on any atom is -0.348 e. The zero-order valence-electron chi connectivity index (χ0n) is 16.5. The number of aromatic nitrogens is 5. The lowest BCUT2D eigenvalue weighted by molar-refractivity contribution is 0.531. The molecule has 0 saturated carbocycles. The van der Waals surface area contributed by atoms with Crippen molar-refractivity contribution in [1.29, 1.82) is 0 Å². The summed E-state index contributed by atoms with van der Waals surface area (Å²) in [4.78, 5) is 10.9. The summed E-state index contributed by atoms with van der Waals surface area (Å²) in [6.07, 6.45) is 8.12. The van der Waals surface area contributed by atoms with Crippen molar-refractivity contribution in [2.45, 2.75) is 80.7 Å². The molecule has 0 aliphatic carbocycles. The topological polar surface area (TPSA) is 59.4 Å². The molecule has 0 saturated heterocycles. The average molecular weight is 324 g/mol. The summed E-state index contributed by atoms with van der Waals surface area (Å²) in [5, 5.41) is 3.92. The fourth-order valence-corrected chi connectivity index (χ4v) is 1.08. The zero-order valence-corrected chi connectivity index (χ0v) is 16.5.